The third kappa shape index (κ3) is 5.60. The van der Waals surface area contributed by atoms with E-state index in [1.807, 2.05) is 13.8 Å². The van der Waals surface area contributed by atoms with E-state index in [0.29, 0.717) is 6.42 Å². The molecule has 0 saturated carbocycles. The zero-order chi connectivity index (χ0) is 10.3. The summed E-state index contributed by atoms with van der Waals surface area (Å²) in [5.41, 5.74) is 5.61. The third-order valence-corrected chi connectivity index (χ3v) is 2.05. The van der Waals surface area contributed by atoms with Gasteiger partial charge in [-0.1, -0.05) is 13.8 Å². The van der Waals surface area contributed by atoms with Gasteiger partial charge in [-0.3, -0.25) is 4.79 Å². The predicted molar refractivity (Wildman–Crippen MR) is 52.2 cm³/mol. The Hall–Kier alpha value is -0.610. The Morgan fingerprint density at radius 2 is 2.08 bits per heavy atom. The molecule has 0 aliphatic carbocycles. The molecule has 0 aromatic carbocycles. The Kier molecular flexibility index (Phi) is 6.54. The first-order valence-electron chi connectivity index (χ1n) is 4.79. The fourth-order valence-corrected chi connectivity index (χ4v) is 0.946. The topological polar surface area (TPSA) is 75.4 Å². The lowest BCUT2D eigenvalue weighted by molar-refractivity contribution is -0.122. The van der Waals surface area contributed by atoms with Crippen LogP contribution in [0.1, 0.15) is 33.1 Å². The Bertz CT molecular complexity index is 147. The van der Waals surface area contributed by atoms with Gasteiger partial charge in [0.05, 0.1) is 12.6 Å². The van der Waals surface area contributed by atoms with Crippen molar-refractivity contribution in [3.8, 4) is 0 Å². The second-order valence-electron chi connectivity index (χ2n) is 3.23. The van der Waals surface area contributed by atoms with Crippen LogP contribution in [-0.2, 0) is 4.79 Å². The maximum absolute atomic E-state index is 11.2. The molecule has 1 unspecified atom stereocenters. The summed E-state index contributed by atoms with van der Waals surface area (Å²) in [4.78, 5) is 11.2. The van der Waals surface area contributed by atoms with Crippen LogP contribution in [0.3, 0.4) is 0 Å². The van der Waals surface area contributed by atoms with Crippen LogP contribution >= 0.6 is 0 Å². The summed E-state index contributed by atoms with van der Waals surface area (Å²) in [6.07, 6.45) is 1.87. The maximum atomic E-state index is 11.2. The normalized spacial score (nSPS) is 15.1. The van der Waals surface area contributed by atoms with Crippen LogP contribution in [0.2, 0.25) is 0 Å². The highest BCUT2D eigenvalue weighted by Gasteiger charge is 2.11. The van der Waals surface area contributed by atoms with Crippen molar-refractivity contribution in [2.45, 2.75) is 45.2 Å². The number of aliphatic hydroxyl groups is 1. The standard InChI is InChI=1S/C9H20N2O2/c1-3-7(10)5-9(13)11-8(4-2)6-12/h7-8,12H,3-6,10H2,1-2H3,(H,11,13)/t7?,8-/m1/s1. The summed E-state index contributed by atoms with van der Waals surface area (Å²) in [5, 5.41) is 11.5. The Balaban J connectivity index is 3.72. The molecule has 0 saturated heterocycles. The largest absolute Gasteiger partial charge is 0.394 e. The molecule has 0 bridgehead atoms. The molecule has 0 aromatic heterocycles. The molecule has 0 spiro atoms. The molecule has 2 atom stereocenters. The number of carbonyl (C=O) groups is 1. The number of carbonyl (C=O) groups excluding carboxylic acids is 1. The first-order chi connectivity index (χ1) is 6.13. The molecule has 13 heavy (non-hydrogen) atoms. The fourth-order valence-electron chi connectivity index (χ4n) is 0.946. The van der Waals surface area contributed by atoms with Gasteiger partial charge in [0.1, 0.15) is 0 Å². The molecule has 4 nitrogen and oxygen atoms in total. The summed E-state index contributed by atoms with van der Waals surface area (Å²) >= 11 is 0. The van der Waals surface area contributed by atoms with E-state index in [0.717, 1.165) is 12.8 Å². The summed E-state index contributed by atoms with van der Waals surface area (Å²) in [6, 6.07) is -0.201. The van der Waals surface area contributed by atoms with E-state index in [4.69, 9.17) is 10.8 Å². The molecule has 0 aromatic rings. The molecule has 0 aliphatic heterocycles. The van der Waals surface area contributed by atoms with Gasteiger partial charge >= 0.3 is 0 Å². The predicted octanol–water partition coefficient (Wildman–Crippen LogP) is 0.000900. The van der Waals surface area contributed by atoms with Crippen molar-refractivity contribution >= 4 is 5.91 Å². The number of hydrogen-bond donors (Lipinski definition) is 3. The van der Waals surface area contributed by atoms with Crippen molar-refractivity contribution in [1.82, 2.24) is 5.32 Å². The summed E-state index contributed by atoms with van der Waals surface area (Å²) in [5.74, 6) is -0.0738. The molecule has 0 rings (SSSR count). The van der Waals surface area contributed by atoms with Crippen LogP contribution in [0.15, 0.2) is 0 Å². The number of amides is 1. The van der Waals surface area contributed by atoms with E-state index in [1.165, 1.54) is 0 Å². The van der Waals surface area contributed by atoms with Gasteiger partial charge in [0.2, 0.25) is 5.91 Å². The van der Waals surface area contributed by atoms with E-state index >= 15 is 0 Å². The highest BCUT2D eigenvalue weighted by molar-refractivity contribution is 5.76. The average molecular weight is 188 g/mol. The molecular formula is C9H20N2O2. The average Bonchev–Trinajstić information content (AvgIpc) is 2.13. The third-order valence-electron chi connectivity index (χ3n) is 2.05. The van der Waals surface area contributed by atoms with Crippen molar-refractivity contribution in [2.24, 2.45) is 5.73 Å². The summed E-state index contributed by atoms with van der Waals surface area (Å²) < 4.78 is 0. The smallest absolute Gasteiger partial charge is 0.221 e. The van der Waals surface area contributed by atoms with Crippen LogP contribution in [-0.4, -0.2) is 29.7 Å². The molecule has 1 amide bonds. The lowest BCUT2D eigenvalue weighted by Gasteiger charge is -2.15. The first-order valence-corrected chi connectivity index (χ1v) is 4.79. The van der Waals surface area contributed by atoms with Crippen molar-refractivity contribution < 1.29 is 9.90 Å². The highest BCUT2D eigenvalue weighted by Crippen LogP contribution is 1.95. The van der Waals surface area contributed by atoms with Crippen molar-refractivity contribution in [1.29, 1.82) is 0 Å². The van der Waals surface area contributed by atoms with Crippen LogP contribution < -0.4 is 11.1 Å². The van der Waals surface area contributed by atoms with Crippen molar-refractivity contribution in [3.05, 3.63) is 0 Å². The van der Waals surface area contributed by atoms with Crippen LogP contribution in [0.5, 0.6) is 0 Å². The molecule has 0 radical (unpaired) electrons. The Labute approximate surface area is 79.5 Å². The molecule has 4 heteroatoms. The number of rotatable bonds is 6. The zero-order valence-electron chi connectivity index (χ0n) is 8.42. The lowest BCUT2D eigenvalue weighted by Crippen LogP contribution is -2.39. The van der Waals surface area contributed by atoms with E-state index in [2.05, 4.69) is 5.32 Å². The van der Waals surface area contributed by atoms with E-state index in [-0.39, 0.29) is 24.6 Å². The molecule has 0 fully saturated rings. The van der Waals surface area contributed by atoms with Gasteiger partial charge in [0.25, 0.3) is 0 Å². The van der Waals surface area contributed by atoms with Crippen LogP contribution in [0, 0.1) is 0 Å². The molecular weight excluding hydrogens is 168 g/mol. The Morgan fingerprint density at radius 3 is 2.46 bits per heavy atom. The SMILES string of the molecule is CCC(N)CC(=O)N[C@H](CC)CO. The van der Waals surface area contributed by atoms with Crippen LogP contribution in [0.4, 0.5) is 0 Å². The van der Waals surface area contributed by atoms with Gasteiger partial charge in [-0.05, 0) is 12.8 Å². The minimum Gasteiger partial charge on any atom is -0.394 e. The minimum atomic E-state index is -0.128. The van der Waals surface area contributed by atoms with Gasteiger partial charge in [-0.15, -0.1) is 0 Å². The number of nitrogens with two attached hydrogens (primary N) is 1. The maximum Gasteiger partial charge on any atom is 0.221 e. The van der Waals surface area contributed by atoms with Crippen LogP contribution in [0.25, 0.3) is 0 Å². The quantitative estimate of drug-likeness (QED) is 0.549. The zero-order valence-corrected chi connectivity index (χ0v) is 8.42. The van der Waals surface area contributed by atoms with E-state index < -0.39 is 0 Å². The number of aliphatic hydroxyl groups excluding tert-OH is 1. The van der Waals surface area contributed by atoms with Gasteiger partial charge in [-0.25, -0.2) is 0 Å². The molecule has 78 valence electrons. The van der Waals surface area contributed by atoms with Crippen molar-refractivity contribution in [2.75, 3.05) is 6.61 Å². The van der Waals surface area contributed by atoms with Gasteiger partial charge in [0, 0.05) is 12.5 Å². The monoisotopic (exact) mass is 188 g/mol. The fraction of sp³-hybridized carbons (Fsp3) is 0.889. The number of hydrogen-bond acceptors (Lipinski definition) is 3. The Morgan fingerprint density at radius 1 is 1.46 bits per heavy atom. The van der Waals surface area contributed by atoms with E-state index in [9.17, 15) is 4.79 Å². The lowest BCUT2D eigenvalue weighted by atomic mass is 10.1. The second kappa shape index (κ2) is 6.86. The second-order valence-corrected chi connectivity index (χ2v) is 3.23. The molecule has 4 N–H and O–H groups in total. The van der Waals surface area contributed by atoms with E-state index in [1.54, 1.807) is 0 Å². The number of nitrogens with one attached hydrogen (secondary N) is 1. The van der Waals surface area contributed by atoms with Gasteiger partial charge < -0.3 is 16.2 Å². The van der Waals surface area contributed by atoms with Gasteiger partial charge in [-0.2, -0.15) is 0 Å². The molecule has 0 heterocycles. The molecule has 0 aliphatic rings. The first kappa shape index (κ1) is 12.4. The van der Waals surface area contributed by atoms with Crippen molar-refractivity contribution in [3.63, 3.8) is 0 Å². The summed E-state index contributed by atoms with van der Waals surface area (Å²) in [7, 11) is 0. The summed E-state index contributed by atoms with van der Waals surface area (Å²) in [6.45, 7) is 3.85. The highest BCUT2D eigenvalue weighted by atomic mass is 16.3. The minimum absolute atomic E-state index is 0.0103. The van der Waals surface area contributed by atoms with Gasteiger partial charge in [0.15, 0.2) is 0 Å².